The van der Waals surface area contributed by atoms with Crippen LogP contribution < -0.4 is 0 Å². The van der Waals surface area contributed by atoms with E-state index in [2.05, 4.69) is 48.5 Å². The quantitative estimate of drug-likeness (QED) is 0.0723. The fourth-order valence-electron chi connectivity index (χ4n) is 9.08. The Labute approximate surface area is 335 Å². The van der Waals surface area contributed by atoms with Crippen molar-refractivity contribution < 1.29 is 22.0 Å². The minimum Gasteiger partial charge on any atom is -0.207 e. The lowest BCUT2D eigenvalue weighted by Crippen LogP contribution is -1.96. The van der Waals surface area contributed by atoms with Crippen LogP contribution in [-0.4, -0.2) is 0 Å². The van der Waals surface area contributed by atoms with E-state index in [1.54, 1.807) is 18.2 Å². The summed E-state index contributed by atoms with van der Waals surface area (Å²) in [4.78, 5) is 0. The molecule has 0 aromatic heterocycles. The highest BCUT2D eigenvalue weighted by atomic mass is 19.2. The second kappa shape index (κ2) is 13.4. The Hall–Kier alpha value is -7.37. The largest absolute Gasteiger partial charge is 0.207 e. The van der Waals surface area contributed by atoms with Crippen LogP contribution in [0.1, 0.15) is 0 Å². The van der Waals surface area contributed by atoms with Gasteiger partial charge in [0, 0.05) is 0 Å². The van der Waals surface area contributed by atoms with Crippen molar-refractivity contribution in [2.24, 2.45) is 0 Å². The third-order valence-electron chi connectivity index (χ3n) is 11.7. The Morgan fingerprint density at radius 1 is 0.254 bits per heavy atom. The van der Waals surface area contributed by atoms with Crippen molar-refractivity contribution in [2.75, 3.05) is 0 Å². The molecule has 0 atom stereocenters. The van der Waals surface area contributed by atoms with Gasteiger partial charge < -0.3 is 0 Å². The minimum absolute atomic E-state index is 0.184. The summed E-state index contributed by atoms with van der Waals surface area (Å²) in [6, 6.07) is 54.0. The molecule has 0 fully saturated rings. The van der Waals surface area contributed by atoms with E-state index < -0.39 is 17.5 Å². The summed E-state index contributed by atoms with van der Waals surface area (Å²) >= 11 is 0. The average Bonchev–Trinajstić information content (AvgIpc) is 3.26. The van der Waals surface area contributed by atoms with Crippen LogP contribution in [0.25, 0.3) is 109 Å². The maximum atomic E-state index is 15.0. The van der Waals surface area contributed by atoms with Crippen molar-refractivity contribution in [3.05, 3.63) is 205 Å². The van der Waals surface area contributed by atoms with Gasteiger partial charge in [-0.1, -0.05) is 115 Å². The number of hydrogen-bond acceptors (Lipinski definition) is 0. The van der Waals surface area contributed by atoms with E-state index in [-0.39, 0.29) is 17.2 Å². The molecule has 11 aromatic rings. The van der Waals surface area contributed by atoms with Crippen molar-refractivity contribution in [2.45, 2.75) is 0 Å². The van der Waals surface area contributed by atoms with Gasteiger partial charge in [-0.05, 0) is 170 Å². The van der Waals surface area contributed by atoms with Gasteiger partial charge in [0.2, 0.25) is 0 Å². The molecule has 0 nitrogen and oxygen atoms in total. The van der Waals surface area contributed by atoms with Crippen LogP contribution in [-0.2, 0) is 0 Å². The van der Waals surface area contributed by atoms with Crippen molar-refractivity contribution >= 4 is 64.6 Å². The third-order valence-corrected chi connectivity index (χ3v) is 11.7. The standard InChI is InChI=1S/C54H29F5/c55-36-17-13-30(14-18-36)31-15-20-44-48(24-31)52(46-26-33-7-1-2-8-38(33)40-9-3-5-11-42(40)46)45-21-16-32(34-28-50(57)54(59)51(58)29-34)25-49(45)53(44)47-27-35-23-37(56)19-22-39(35)41-10-4-6-12-43(41)47/h1-29H. The first kappa shape index (κ1) is 34.8. The smallest absolute Gasteiger partial charge is 0.194 e. The first-order valence-corrected chi connectivity index (χ1v) is 19.3. The minimum atomic E-state index is -1.53. The molecule has 11 aromatic carbocycles. The SMILES string of the molecule is Fc1ccc(-c2ccc3c(-c4cc5cc(F)ccc5c5ccccc45)c4cc(-c5cc(F)c(F)c(F)c5)ccc4c(-c4cc5ccccc5c5ccccc45)c3c2)cc1. The molecular formula is C54H29F5. The predicted molar refractivity (Wildman–Crippen MR) is 233 cm³/mol. The van der Waals surface area contributed by atoms with Gasteiger partial charge in [0.1, 0.15) is 11.6 Å². The average molecular weight is 773 g/mol. The van der Waals surface area contributed by atoms with Crippen LogP contribution >= 0.6 is 0 Å². The molecular weight excluding hydrogens is 744 g/mol. The molecule has 5 heteroatoms. The lowest BCUT2D eigenvalue weighted by molar-refractivity contribution is 0.448. The van der Waals surface area contributed by atoms with Crippen molar-refractivity contribution in [3.63, 3.8) is 0 Å². The van der Waals surface area contributed by atoms with Crippen molar-refractivity contribution in [3.8, 4) is 44.5 Å². The molecule has 0 spiro atoms. The Bertz CT molecular complexity index is 3530. The van der Waals surface area contributed by atoms with Crippen LogP contribution in [0.5, 0.6) is 0 Å². The van der Waals surface area contributed by atoms with Gasteiger partial charge >= 0.3 is 0 Å². The maximum Gasteiger partial charge on any atom is 0.194 e. The van der Waals surface area contributed by atoms with E-state index in [0.29, 0.717) is 10.9 Å². The number of rotatable bonds is 4. The zero-order valence-electron chi connectivity index (χ0n) is 31.1. The molecule has 0 amide bonds. The molecule has 59 heavy (non-hydrogen) atoms. The summed E-state index contributed by atoms with van der Waals surface area (Å²) in [6.07, 6.45) is 0. The van der Waals surface area contributed by atoms with E-state index in [1.165, 1.54) is 24.3 Å². The second-order valence-electron chi connectivity index (χ2n) is 15.1. The molecule has 0 radical (unpaired) electrons. The lowest BCUT2D eigenvalue weighted by Gasteiger charge is -2.22. The number of hydrogen-bond donors (Lipinski definition) is 0. The summed E-state index contributed by atoms with van der Waals surface area (Å²) in [5.74, 6) is -4.78. The van der Waals surface area contributed by atoms with Crippen LogP contribution in [0.2, 0.25) is 0 Å². The molecule has 0 bridgehead atoms. The topological polar surface area (TPSA) is 0 Å². The Balaban J connectivity index is 1.36. The Morgan fingerprint density at radius 2 is 0.695 bits per heavy atom. The van der Waals surface area contributed by atoms with Gasteiger partial charge in [-0.2, -0.15) is 0 Å². The first-order valence-electron chi connectivity index (χ1n) is 19.3. The zero-order chi connectivity index (χ0) is 39.9. The number of fused-ring (bicyclic) bond motifs is 8. The van der Waals surface area contributed by atoms with E-state index in [1.807, 2.05) is 72.8 Å². The molecule has 0 saturated heterocycles. The molecule has 0 aliphatic carbocycles. The molecule has 0 N–H and O–H groups in total. The van der Waals surface area contributed by atoms with Crippen molar-refractivity contribution in [1.29, 1.82) is 0 Å². The molecule has 0 aliphatic rings. The fraction of sp³-hybridized carbons (Fsp3) is 0. The summed E-state index contributed by atoms with van der Waals surface area (Å²) in [5.41, 5.74) is 5.99. The predicted octanol–water partition coefficient (Wildman–Crippen LogP) is 16.0. The summed E-state index contributed by atoms with van der Waals surface area (Å²) in [5, 5.41) is 11.2. The van der Waals surface area contributed by atoms with E-state index >= 15 is 4.39 Å². The molecule has 0 saturated carbocycles. The summed E-state index contributed by atoms with van der Waals surface area (Å²) in [6.45, 7) is 0. The van der Waals surface area contributed by atoms with Gasteiger partial charge in [0.05, 0.1) is 0 Å². The van der Waals surface area contributed by atoms with Crippen LogP contribution in [0, 0.1) is 29.1 Å². The van der Waals surface area contributed by atoms with Gasteiger partial charge in [0.25, 0.3) is 0 Å². The van der Waals surface area contributed by atoms with Gasteiger partial charge in [-0.25, -0.2) is 22.0 Å². The Kier molecular flexibility index (Phi) is 7.89. The third kappa shape index (κ3) is 5.57. The van der Waals surface area contributed by atoms with E-state index in [0.717, 1.165) is 105 Å². The monoisotopic (exact) mass is 772 g/mol. The molecule has 11 rings (SSSR count). The highest BCUT2D eigenvalue weighted by Gasteiger charge is 2.23. The molecule has 0 aliphatic heterocycles. The van der Waals surface area contributed by atoms with Crippen LogP contribution in [0.15, 0.2) is 176 Å². The van der Waals surface area contributed by atoms with E-state index in [9.17, 15) is 17.6 Å². The first-order chi connectivity index (χ1) is 28.8. The van der Waals surface area contributed by atoms with Crippen molar-refractivity contribution in [1.82, 2.24) is 0 Å². The van der Waals surface area contributed by atoms with E-state index in [4.69, 9.17) is 0 Å². The molecule has 280 valence electrons. The summed E-state index contributed by atoms with van der Waals surface area (Å²) in [7, 11) is 0. The Morgan fingerprint density at radius 3 is 1.29 bits per heavy atom. The normalized spacial score (nSPS) is 11.8. The van der Waals surface area contributed by atoms with Gasteiger partial charge in [-0.3, -0.25) is 0 Å². The highest BCUT2D eigenvalue weighted by Crippen LogP contribution is 2.50. The lowest BCUT2D eigenvalue weighted by atomic mass is 9.81. The molecule has 0 unspecified atom stereocenters. The van der Waals surface area contributed by atoms with Crippen LogP contribution in [0.4, 0.5) is 22.0 Å². The maximum absolute atomic E-state index is 15.0. The zero-order valence-corrected chi connectivity index (χ0v) is 31.1. The second-order valence-corrected chi connectivity index (χ2v) is 15.1. The summed E-state index contributed by atoms with van der Waals surface area (Å²) < 4.78 is 73.2. The van der Waals surface area contributed by atoms with Gasteiger partial charge in [-0.15, -0.1) is 0 Å². The van der Waals surface area contributed by atoms with Gasteiger partial charge in [0.15, 0.2) is 17.5 Å². The number of halogens is 5. The van der Waals surface area contributed by atoms with Crippen LogP contribution in [0.3, 0.4) is 0 Å². The molecule has 0 heterocycles. The fourth-order valence-corrected chi connectivity index (χ4v) is 9.08. The highest BCUT2D eigenvalue weighted by molar-refractivity contribution is 6.29. The number of benzene rings is 11.